The van der Waals surface area contributed by atoms with E-state index in [4.69, 9.17) is 15.9 Å². The number of rotatable bonds is 4. The fraction of sp³-hybridized carbons (Fsp3) is 0.250. The lowest BCUT2D eigenvalue weighted by atomic mass is 10.1. The van der Waals surface area contributed by atoms with Crippen molar-refractivity contribution in [2.75, 3.05) is 0 Å². The van der Waals surface area contributed by atoms with E-state index in [0.29, 0.717) is 17.0 Å². The van der Waals surface area contributed by atoms with Crippen molar-refractivity contribution >= 4 is 5.84 Å². The molecule has 0 unspecified atom stereocenters. The number of hydrogen-bond donors (Lipinski definition) is 2. The lowest BCUT2D eigenvalue weighted by molar-refractivity contribution is 0.474. The van der Waals surface area contributed by atoms with E-state index in [-0.39, 0.29) is 5.84 Å². The summed E-state index contributed by atoms with van der Waals surface area (Å²) in [6.45, 7) is 5.81. The number of para-hydroxylation sites is 1. The average molecular weight is 269 g/mol. The topological polar surface area (TPSA) is 72.0 Å². The third-order valence-electron chi connectivity index (χ3n) is 3.14. The number of aryl methyl sites for hydroxylation is 3. The fourth-order valence-electron chi connectivity index (χ4n) is 2.21. The molecule has 104 valence electrons. The van der Waals surface area contributed by atoms with E-state index in [1.165, 1.54) is 0 Å². The van der Waals surface area contributed by atoms with Crippen LogP contribution in [0.5, 0.6) is 11.5 Å². The number of ether oxygens (including phenoxy) is 1. The summed E-state index contributed by atoms with van der Waals surface area (Å²) >= 11 is 0. The van der Waals surface area contributed by atoms with Crippen molar-refractivity contribution in [1.29, 1.82) is 5.41 Å². The molecule has 0 atom stereocenters. The Morgan fingerprint density at radius 3 is 2.60 bits per heavy atom. The van der Waals surface area contributed by atoms with Gasteiger partial charge in [0.2, 0.25) is 0 Å². The molecule has 0 amide bonds. The molecule has 2 aromatic rings. The van der Waals surface area contributed by atoms with Crippen molar-refractivity contribution in [3.05, 3.63) is 52.8 Å². The van der Waals surface area contributed by atoms with Gasteiger partial charge in [0, 0.05) is 11.8 Å². The zero-order valence-corrected chi connectivity index (χ0v) is 12.0. The Labute approximate surface area is 119 Å². The van der Waals surface area contributed by atoms with Gasteiger partial charge in [-0.3, -0.25) is 10.4 Å². The second-order valence-electron chi connectivity index (χ2n) is 4.70. The van der Waals surface area contributed by atoms with E-state index < -0.39 is 0 Å². The molecule has 1 aromatic carbocycles. The summed E-state index contributed by atoms with van der Waals surface area (Å²) in [5.41, 5.74) is 8.88. The Morgan fingerprint density at radius 2 is 1.95 bits per heavy atom. The fourth-order valence-corrected chi connectivity index (χ4v) is 2.21. The SMILES string of the molecule is CCc1ccccc1Oc1cc(C)nc(C)c1C(=N)N. The predicted molar refractivity (Wildman–Crippen MR) is 80.6 cm³/mol. The number of pyridine rings is 1. The van der Waals surface area contributed by atoms with Crippen molar-refractivity contribution in [3.63, 3.8) is 0 Å². The minimum atomic E-state index is -0.0287. The van der Waals surface area contributed by atoms with Gasteiger partial charge in [0.25, 0.3) is 0 Å². The lowest BCUT2D eigenvalue weighted by Gasteiger charge is -2.15. The number of nitrogens with one attached hydrogen (secondary N) is 1. The zero-order chi connectivity index (χ0) is 14.7. The summed E-state index contributed by atoms with van der Waals surface area (Å²) < 4.78 is 5.99. The number of nitrogens with two attached hydrogens (primary N) is 1. The molecule has 20 heavy (non-hydrogen) atoms. The molecular formula is C16H19N3O. The first kappa shape index (κ1) is 14.1. The second-order valence-corrected chi connectivity index (χ2v) is 4.70. The average Bonchev–Trinajstić information content (AvgIpc) is 2.38. The molecule has 0 bridgehead atoms. The smallest absolute Gasteiger partial charge is 0.141 e. The number of nitrogen functional groups attached to an aromatic ring is 1. The second kappa shape index (κ2) is 5.74. The highest BCUT2D eigenvalue weighted by atomic mass is 16.5. The summed E-state index contributed by atoms with van der Waals surface area (Å²) in [5.74, 6) is 1.35. The number of hydrogen-bond acceptors (Lipinski definition) is 3. The van der Waals surface area contributed by atoms with Crippen LogP contribution in [0.4, 0.5) is 0 Å². The van der Waals surface area contributed by atoms with Crippen LogP contribution in [0.1, 0.15) is 29.4 Å². The summed E-state index contributed by atoms with van der Waals surface area (Å²) in [6, 6.07) is 9.69. The lowest BCUT2D eigenvalue weighted by Crippen LogP contribution is -2.15. The van der Waals surface area contributed by atoms with Crippen LogP contribution in [0.15, 0.2) is 30.3 Å². The third-order valence-corrected chi connectivity index (χ3v) is 3.14. The largest absolute Gasteiger partial charge is 0.456 e. The molecular weight excluding hydrogens is 250 g/mol. The molecule has 4 nitrogen and oxygen atoms in total. The van der Waals surface area contributed by atoms with Crippen molar-refractivity contribution < 1.29 is 4.74 Å². The number of nitrogens with zero attached hydrogens (tertiary/aromatic N) is 1. The molecule has 4 heteroatoms. The minimum absolute atomic E-state index is 0.0287. The number of aromatic nitrogens is 1. The maximum atomic E-state index is 7.71. The van der Waals surface area contributed by atoms with Crippen LogP contribution in [0, 0.1) is 19.3 Å². The van der Waals surface area contributed by atoms with Gasteiger partial charge in [0.15, 0.2) is 0 Å². The first-order valence-electron chi connectivity index (χ1n) is 6.61. The Morgan fingerprint density at radius 1 is 1.25 bits per heavy atom. The van der Waals surface area contributed by atoms with Gasteiger partial charge in [0.1, 0.15) is 17.3 Å². The molecule has 1 heterocycles. The third kappa shape index (κ3) is 2.79. The Hall–Kier alpha value is -2.36. The highest BCUT2D eigenvalue weighted by molar-refractivity contribution is 5.98. The molecule has 0 aliphatic heterocycles. The molecule has 0 radical (unpaired) electrons. The maximum absolute atomic E-state index is 7.71. The molecule has 0 fully saturated rings. The quantitative estimate of drug-likeness (QED) is 0.660. The maximum Gasteiger partial charge on any atom is 0.141 e. The van der Waals surface area contributed by atoms with Crippen LogP contribution < -0.4 is 10.5 Å². The molecule has 0 spiro atoms. The minimum Gasteiger partial charge on any atom is -0.456 e. The molecule has 2 rings (SSSR count). The van der Waals surface area contributed by atoms with Crippen LogP contribution in [-0.2, 0) is 6.42 Å². The van der Waals surface area contributed by atoms with E-state index in [9.17, 15) is 0 Å². The van der Waals surface area contributed by atoms with Gasteiger partial charge in [-0.05, 0) is 31.9 Å². The van der Waals surface area contributed by atoms with Crippen molar-refractivity contribution in [3.8, 4) is 11.5 Å². The highest BCUT2D eigenvalue weighted by Gasteiger charge is 2.14. The van der Waals surface area contributed by atoms with Crippen molar-refractivity contribution in [1.82, 2.24) is 4.98 Å². The van der Waals surface area contributed by atoms with Gasteiger partial charge in [-0.2, -0.15) is 0 Å². The molecule has 3 N–H and O–H groups in total. The van der Waals surface area contributed by atoms with Gasteiger partial charge in [0.05, 0.1) is 11.3 Å². The molecule has 0 aliphatic carbocycles. The molecule has 1 aromatic heterocycles. The van der Waals surface area contributed by atoms with Crippen LogP contribution in [0.3, 0.4) is 0 Å². The van der Waals surface area contributed by atoms with Gasteiger partial charge in [-0.15, -0.1) is 0 Å². The summed E-state index contributed by atoms with van der Waals surface area (Å²) in [5, 5.41) is 7.71. The van der Waals surface area contributed by atoms with E-state index in [1.807, 2.05) is 44.2 Å². The summed E-state index contributed by atoms with van der Waals surface area (Å²) in [4.78, 5) is 4.34. The van der Waals surface area contributed by atoms with Crippen LogP contribution in [-0.4, -0.2) is 10.8 Å². The monoisotopic (exact) mass is 269 g/mol. The first-order valence-corrected chi connectivity index (χ1v) is 6.61. The molecule has 0 aliphatic rings. The van der Waals surface area contributed by atoms with Crippen molar-refractivity contribution in [2.24, 2.45) is 5.73 Å². The van der Waals surface area contributed by atoms with Crippen LogP contribution in [0.2, 0.25) is 0 Å². The Balaban J connectivity index is 2.50. The first-order chi connectivity index (χ1) is 9.52. The van der Waals surface area contributed by atoms with E-state index >= 15 is 0 Å². The van der Waals surface area contributed by atoms with E-state index in [2.05, 4.69) is 11.9 Å². The van der Waals surface area contributed by atoms with Gasteiger partial charge >= 0.3 is 0 Å². The van der Waals surface area contributed by atoms with Crippen LogP contribution >= 0.6 is 0 Å². The highest BCUT2D eigenvalue weighted by Crippen LogP contribution is 2.30. The van der Waals surface area contributed by atoms with Crippen LogP contribution in [0.25, 0.3) is 0 Å². The summed E-state index contributed by atoms with van der Waals surface area (Å²) in [6.07, 6.45) is 0.884. The normalized spacial score (nSPS) is 10.3. The Bertz CT molecular complexity index is 650. The van der Waals surface area contributed by atoms with Crippen molar-refractivity contribution in [2.45, 2.75) is 27.2 Å². The van der Waals surface area contributed by atoms with Gasteiger partial charge in [-0.1, -0.05) is 25.1 Å². The van der Waals surface area contributed by atoms with E-state index in [0.717, 1.165) is 23.4 Å². The zero-order valence-electron chi connectivity index (χ0n) is 12.0. The summed E-state index contributed by atoms with van der Waals surface area (Å²) in [7, 11) is 0. The molecule has 0 saturated heterocycles. The molecule has 0 saturated carbocycles. The predicted octanol–water partition coefficient (Wildman–Crippen LogP) is 3.34. The number of benzene rings is 1. The Kier molecular flexibility index (Phi) is 4.03. The standard InChI is InChI=1S/C16H19N3O/c1-4-12-7-5-6-8-13(12)20-14-9-10(2)19-11(3)15(14)16(17)18/h5-9H,4H2,1-3H3,(H3,17,18). The van der Waals surface area contributed by atoms with Gasteiger partial charge in [-0.25, -0.2) is 0 Å². The van der Waals surface area contributed by atoms with E-state index in [1.54, 1.807) is 0 Å². The van der Waals surface area contributed by atoms with Gasteiger partial charge < -0.3 is 10.5 Å². The number of amidine groups is 1.